The molecule has 1 saturated carbocycles. The van der Waals surface area contributed by atoms with Gasteiger partial charge >= 0.3 is 0 Å². The molecule has 1 aromatic carbocycles. The third-order valence-corrected chi connectivity index (χ3v) is 4.24. The number of ether oxygens (including phenoxy) is 1. The van der Waals surface area contributed by atoms with E-state index in [1.54, 1.807) is 12.1 Å². The lowest BCUT2D eigenvalue weighted by Gasteiger charge is -2.22. The van der Waals surface area contributed by atoms with Crippen LogP contribution in [0.1, 0.15) is 31.4 Å². The van der Waals surface area contributed by atoms with Crippen molar-refractivity contribution in [2.24, 2.45) is 10.9 Å². The molecule has 0 radical (unpaired) electrons. The molecule has 0 aliphatic heterocycles. The Hall–Kier alpha value is -0.570. The predicted molar refractivity (Wildman–Crippen MR) is 114 cm³/mol. The summed E-state index contributed by atoms with van der Waals surface area (Å²) in [6, 6.07) is 7.20. The third kappa shape index (κ3) is 8.57. The highest BCUT2D eigenvalue weighted by molar-refractivity contribution is 14.0. The van der Waals surface area contributed by atoms with Gasteiger partial charge in [0.25, 0.3) is 0 Å². The predicted octanol–water partition coefficient (Wildman–Crippen LogP) is 3.32. The Labute approximate surface area is 172 Å². The largest absolute Gasteiger partial charge is 0.386 e. The van der Waals surface area contributed by atoms with E-state index in [4.69, 9.17) is 16.3 Å². The number of guanidine groups is 1. The Morgan fingerprint density at radius 1 is 1.40 bits per heavy atom. The fourth-order valence-corrected chi connectivity index (χ4v) is 2.40. The molecule has 5 nitrogen and oxygen atoms in total. The summed E-state index contributed by atoms with van der Waals surface area (Å²) >= 11 is 5.87. The summed E-state index contributed by atoms with van der Waals surface area (Å²) in [4.78, 5) is 6.56. The summed E-state index contributed by atoms with van der Waals surface area (Å²) in [6.07, 6.45) is 1.97. The number of rotatable bonds is 9. The van der Waals surface area contributed by atoms with E-state index in [9.17, 15) is 5.11 Å². The second-order valence-electron chi connectivity index (χ2n) is 6.20. The minimum atomic E-state index is -0.643. The number of benzene rings is 1. The minimum Gasteiger partial charge on any atom is -0.386 e. The quantitative estimate of drug-likeness (QED) is 0.246. The van der Waals surface area contributed by atoms with E-state index in [0.29, 0.717) is 18.2 Å². The molecule has 142 valence electrons. The lowest BCUT2D eigenvalue weighted by Crippen LogP contribution is -2.40. The Kier molecular flexibility index (Phi) is 10.7. The van der Waals surface area contributed by atoms with Gasteiger partial charge in [0.05, 0.1) is 19.3 Å². The van der Waals surface area contributed by atoms with Crippen LogP contribution in [0.3, 0.4) is 0 Å². The van der Waals surface area contributed by atoms with Crippen LogP contribution >= 0.6 is 35.6 Å². The summed E-state index contributed by atoms with van der Waals surface area (Å²) in [7, 11) is 1.98. The van der Waals surface area contributed by atoms with E-state index in [1.165, 1.54) is 12.8 Å². The van der Waals surface area contributed by atoms with E-state index in [0.717, 1.165) is 37.1 Å². The SMILES string of the molecule is CCNC(=NCC(O)c1ccc(Cl)cc1)N(C)CCOCC1CC1.I. The number of halogens is 2. The van der Waals surface area contributed by atoms with E-state index < -0.39 is 6.10 Å². The van der Waals surface area contributed by atoms with Crippen molar-refractivity contribution in [1.29, 1.82) is 0 Å². The number of aliphatic hydroxyl groups is 1. The molecule has 2 rings (SSSR count). The minimum absolute atomic E-state index is 0. The first kappa shape index (κ1) is 22.5. The molecule has 1 aliphatic carbocycles. The van der Waals surface area contributed by atoms with Crippen molar-refractivity contribution in [1.82, 2.24) is 10.2 Å². The third-order valence-electron chi connectivity index (χ3n) is 3.99. The molecule has 0 aromatic heterocycles. The fourth-order valence-electron chi connectivity index (χ4n) is 2.27. The number of nitrogens with one attached hydrogen (secondary N) is 1. The maximum atomic E-state index is 10.3. The van der Waals surface area contributed by atoms with Gasteiger partial charge in [-0.1, -0.05) is 23.7 Å². The van der Waals surface area contributed by atoms with Gasteiger partial charge in [-0.05, 0) is 43.4 Å². The van der Waals surface area contributed by atoms with Crippen LogP contribution in [0.15, 0.2) is 29.3 Å². The number of hydrogen-bond acceptors (Lipinski definition) is 3. The number of nitrogens with zero attached hydrogens (tertiary/aromatic N) is 2. The lowest BCUT2D eigenvalue weighted by molar-refractivity contribution is 0.115. The molecule has 1 unspecified atom stereocenters. The van der Waals surface area contributed by atoms with Gasteiger partial charge in [-0.25, -0.2) is 0 Å². The molecule has 0 bridgehead atoms. The van der Waals surface area contributed by atoms with Crippen LogP contribution in [-0.2, 0) is 4.74 Å². The van der Waals surface area contributed by atoms with Gasteiger partial charge in [-0.15, -0.1) is 24.0 Å². The molecular weight excluding hydrogens is 453 g/mol. The monoisotopic (exact) mass is 481 g/mol. The summed E-state index contributed by atoms with van der Waals surface area (Å²) < 4.78 is 5.68. The summed E-state index contributed by atoms with van der Waals surface area (Å²) in [5.41, 5.74) is 0.814. The molecule has 0 spiro atoms. The normalized spacial score (nSPS) is 15.4. The molecule has 0 amide bonds. The van der Waals surface area contributed by atoms with Gasteiger partial charge in [0.2, 0.25) is 0 Å². The van der Waals surface area contributed by atoms with E-state index in [-0.39, 0.29) is 24.0 Å². The standard InChI is InChI=1S/C18H28ClN3O2.HI/c1-3-20-18(22(2)10-11-24-13-14-4-5-14)21-12-17(23)15-6-8-16(19)9-7-15;/h6-9,14,17,23H,3-5,10-13H2,1-2H3,(H,20,21);1H. The molecule has 1 fully saturated rings. The molecule has 7 heteroatoms. The number of hydrogen-bond donors (Lipinski definition) is 2. The van der Waals surface area contributed by atoms with Gasteiger partial charge in [0.1, 0.15) is 0 Å². The first-order chi connectivity index (χ1) is 11.6. The molecule has 2 N–H and O–H groups in total. The first-order valence-corrected chi connectivity index (χ1v) is 8.98. The Morgan fingerprint density at radius 2 is 2.08 bits per heavy atom. The van der Waals surface area contributed by atoms with Crippen LogP contribution in [0.25, 0.3) is 0 Å². The van der Waals surface area contributed by atoms with Gasteiger partial charge in [0, 0.05) is 31.8 Å². The number of aliphatic hydroxyl groups excluding tert-OH is 1. The van der Waals surface area contributed by atoms with E-state index >= 15 is 0 Å². The van der Waals surface area contributed by atoms with Crippen LogP contribution in [0, 0.1) is 5.92 Å². The summed E-state index contributed by atoms with van der Waals surface area (Å²) in [5, 5.41) is 14.2. The lowest BCUT2D eigenvalue weighted by atomic mass is 10.1. The maximum Gasteiger partial charge on any atom is 0.193 e. The molecule has 25 heavy (non-hydrogen) atoms. The second-order valence-corrected chi connectivity index (χ2v) is 6.64. The Bertz CT molecular complexity index is 524. The molecule has 0 saturated heterocycles. The van der Waals surface area contributed by atoms with Crippen molar-refractivity contribution in [3.05, 3.63) is 34.9 Å². The van der Waals surface area contributed by atoms with Crippen LogP contribution in [0.5, 0.6) is 0 Å². The second kappa shape index (κ2) is 11.9. The van der Waals surface area contributed by atoms with E-state index in [2.05, 4.69) is 10.3 Å². The van der Waals surface area contributed by atoms with Crippen LogP contribution in [0.2, 0.25) is 5.02 Å². The van der Waals surface area contributed by atoms with Crippen molar-refractivity contribution in [3.63, 3.8) is 0 Å². The van der Waals surface area contributed by atoms with Crippen molar-refractivity contribution in [2.75, 3.05) is 39.9 Å². The highest BCUT2D eigenvalue weighted by Crippen LogP contribution is 2.28. The molecule has 1 aromatic rings. The fraction of sp³-hybridized carbons (Fsp3) is 0.611. The highest BCUT2D eigenvalue weighted by Gasteiger charge is 2.21. The first-order valence-electron chi connectivity index (χ1n) is 8.61. The van der Waals surface area contributed by atoms with E-state index in [1.807, 2.05) is 31.0 Å². The molecule has 1 atom stereocenters. The van der Waals surface area contributed by atoms with Gasteiger partial charge in [0.15, 0.2) is 5.96 Å². The molecular formula is C18H29ClIN3O2. The van der Waals surface area contributed by atoms with Crippen LogP contribution in [-0.4, -0.2) is 55.9 Å². The van der Waals surface area contributed by atoms with Gasteiger partial charge < -0.3 is 20.1 Å². The topological polar surface area (TPSA) is 57.1 Å². The maximum absolute atomic E-state index is 10.3. The van der Waals surface area contributed by atoms with Crippen molar-refractivity contribution < 1.29 is 9.84 Å². The molecule has 0 heterocycles. The zero-order chi connectivity index (χ0) is 17.4. The number of aliphatic imine (C=N–C) groups is 1. The van der Waals surface area contributed by atoms with Crippen molar-refractivity contribution in [3.8, 4) is 0 Å². The van der Waals surface area contributed by atoms with Crippen molar-refractivity contribution >= 4 is 41.5 Å². The zero-order valence-electron chi connectivity index (χ0n) is 14.9. The Balaban J connectivity index is 0.00000312. The van der Waals surface area contributed by atoms with Crippen LogP contribution in [0.4, 0.5) is 0 Å². The van der Waals surface area contributed by atoms with Crippen molar-refractivity contribution in [2.45, 2.75) is 25.9 Å². The number of likely N-dealkylation sites (N-methyl/N-ethyl adjacent to an activating group) is 1. The average Bonchev–Trinajstić information content (AvgIpc) is 3.40. The smallest absolute Gasteiger partial charge is 0.193 e. The summed E-state index contributed by atoms with van der Waals surface area (Å²) in [6.45, 7) is 5.45. The Morgan fingerprint density at radius 3 is 2.68 bits per heavy atom. The highest BCUT2D eigenvalue weighted by atomic mass is 127. The summed E-state index contributed by atoms with van der Waals surface area (Å²) in [5.74, 6) is 1.56. The molecule has 1 aliphatic rings. The average molecular weight is 482 g/mol. The zero-order valence-corrected chi connectivity index (χ0v) is 18.0. The van der Waals surface area contributed by atoms with Crippen LogP contribution < -0.4 is 5.32 Å². The van der Waals surface area contributed by atoms with Gasteiger partial charge in [-0.2, -0.15) is 0 Å². The van der Waals surface area contributed by atoms with Gasteiger partial charge in [-0.3, -0.25) is 4.99 Å².